The lowest BCUT2D eigenvalue weighted by Gasteiger charge is -2.08. The molecule has 0 aliphatic heterocycles. The first-order chi connectivity index (χ1) is 15.0. The van der Waals surface area contributed by atoms with Gasteiger partial charge in [0, 0.05) is 24.3 Å². The third-order valence-corrected chi connectivity index (χ3v) is 4.34. The fourth-order valence-corrected chi connectivity index (χ4v) is 2.71. The fourth-order valence-electron chi connectivity index (χ4n) is 2.71. The summed E-state index contributed by atoms with van der Waals surface area (Å²) in [7, 11) is 0. The average Bonchev–Trinajstić information content (AvgIpc) is 2.77. The molecule has 0 saturated heterocycles. The second kappa shape index (κ2) is 12.8. The second-order valence-corrected chi connectivity index (χ2v) is 7.01. The summed E-state index contributed by atoms with van der Waals surface area (Å²) in [5.74, 6) is -0.324. The quantitative estimate of drug-likeness (QED) is 0.305. The molecular formula is C24H29N3O4. The first-order valence-corrected chi connectivity index (χ1v) is 10.4. The highest BCUT2D eigenvalue weighted by atomic mass is 16.5. The summed E-state index contributed by atoms with van der Waals surface area (Å²) in [4.78, 5) is 35.1. The number of carbonyl (C=O) groups excluding carboxylic acids is 3. The number of hydrogen-bond donors (Lipinski definition) is 3. The number of nitrogens with one attached hydrogen (secondary N) is 3. The van der Waals surface area contributed by atoms with Gasteiger partial charge in [0.05, 0.1) is 6.61 Å². The van der Waals surface area contributed by atoms with Gasteiger partial charge in [-0.1, -0.05) is 38.3 Å². The number of ether oxygens (including phenoxy) is 1. The smallest absolute Gasteiger partial charge is 0.269 e. The van der Waals surface area contributed by atoms with E-state index in [1.807, 2.05) is 0 Å². The van der Waals surface area contributed by atoms with Crippen molar-refractivity contribution in [1.29, 1.82) is 0 Å². The molecule has 0 aromatic heterocycles. The van der Waals surface area contributed by atoms with Crippen molar-refractivity contribution in [2.24, 2.45) is 0 Å². The summed E-state index contributed by atoms with van der Waals surface area (Å²) in [6, 6.07) is 13.8. The van der Waals surface area contributed by atoms with Crippen LogP contribution in [0.2, 0.25) is 0 Å². The van der Waals surface area contributed by atoms with E-state index in [0.717, 1.165) is 18.4 Å². The van der Waals surface area contributed by atoms with Gasteiger partial charge in [-0.2, -0.15) is 0 Å². The van der Waals surface area contributed by atoms with Crippen molar-refractivity contribution >= 4 is 29.5 Å². The second-order valence-electron chi connectivity index (χ2n) is 7.01. The molecule has 0 spiro atoms. The summed E-state index contributed by atoms with van der Waals surface area (Å²) in [5.41, 5.74) is 6.58. The van der Waals surface area contributed by atoms with Gasteiger partial charge in [-0.15, -0.1) is 0 Å². The van der Waals surface area contributed by atoms with Gasteiger partial charge in [-0.3, -0.25) is 25.2 Å². The van der Waals surface area contributed by atoms with Crippen LogP contribution in [-0.4, -0.2) is 24.3 Å². The zero-order chi connectivity index (χ0) is 22.5. The third kappa shape index (κ3) is 9.16. The van der Waals surface area contributed by atoms with Crippen LogP contribution in [0.4, 0.5) is 5.69 Å². The maximum absolute atomic E-state index is 12.2. The number of anilines is 1. The molecule has 2 rings (SSSR count). The summed E-state index contributed by atoms with van der Waals surface area (Å²) < 4.78 is 5.65. The molecule has 2 aromatic rings. The Bertz CT molecular complexity index is 890. The van der Waals surface area contributed by atoms with E-state index >= 15 is 0 Å². The Kier molecular flexibility index (Phi) is 9.81. The third-order valence-electron chi connectivity index (χ3n) is 4.34. The van der Waals surface area contributed by atoms with Gasteiger partial charge in [0.2, 0.25) is 5.91 Å². The van der Waals surface area contributed by atoms with E-state index in [-0.39, 0.29) is 5.91 Å². The van der Waals surface area contributed by atoms with Gasteiger partial charge in [0.1, 0.15) is 5.75 Å². The van der Waals surface area contributed by atoms with Crippen molar-refractivity contribution in [3.8, 4) is 5.75 Å². The number of rotatable bonds is 10. The molecule has 164 valence electrons. The van der Waals surface area contributed by atoms with E-state index in [1.165, 1.54) is 25.8 Å². The van der Waals surface area contributed by atoms with Gasteiger partial charge in [0.15, 0.2) is 0 Å². The highest BCUT2D eigenvalue weighted by molar-refractivity contribution is 5.98. The lowest BCUT2D eigenvalue weighted by molar-refractivity contribution is -0.117. The molecule has 2 aromatic carbocycles. The number of unbranched alkanes of at least 4 members (excludes halogenated alkanes) is 3. The van der Waals surface area contributed by atoms with Crippen LogP contribution in [0.3, 0.4) is 0 Å². The molecule has 0 atom stereocenters. The first-order valence-electron chi connectivity index (χ1n) is 10.4. The van der Waals surface area contributed by atoms with Crippen LogP contribution in [0.1, 0.15) is 55.5 Å². The normalized spacial score (nSPS) is 10.5. The molecule has 0 radical (unpaired) electrons. The van der Waals surface area contributed by atoms with E-state index in [4.69, 9.17) is 4.74 Å². The molecule has 31 heavy (non-hydrogen) atoms. The van der Waals surface area contributed by atoms with Crippen LogP contribution in [0, 0.1) is 0 Å². The van der Waals surface area contributed by atoms with Crippen LogP contribution < -0.4 is 20.9 Å². The maximum atomic E-state index is 12.2. The van der Waals surface area contributed by atoms with Gasteiger partial charge < -0.3 is 10.1 Å². The predicted octanol–water partition coefficient (Wildman–Crippen LogP) is 4.08. The van der Waals surface area contributed by atoms with Crippen molar-refractivity contribution in [2.45, 2.75) is 39.5 Å². The standard InChI is InChI=1S/C24H29N3O4/c1-3-4-5-6-17-31-22-14-10-20(11-15-22)24(30)27-26-23(29)16-9-19-7-12-21(13-8-19)25-18(2)28/h7-16H,3-6,17H2,1-2H3,(H,25,28)(H,26,29)(H,27,30)/b16-9+. The fraction of sp³-hybridized carbons (Fsp3) is 0.292. The summed E-state index contributed by atoms with van der Waals surface area (Å²) >= 11 is 0. The Morgan fingerprint density at radius 2 is 1.61 bits per heavy atom. The minimum atomic E-state index is -0.466. The minimum Gasteiger partial charge on any atom is -0.494 e. The van der Waals surface area contributed by atoms with Crippen molar-refractivity contribution in [3.63, 3.8) is 0 Å². The topological polar surface area (TPSA) is 96.5 Å². The molecule has 0 fully saturated rings. The van der Waals surface area contributed by atoms with Crippen LogP contribution in [0.5, 0.6) is 5.75 Å². The van der Waals surface area contributed by atoms with Gasteiger partial charge in [-0.05, 0) is 54.5 Å². The molecule has 3 amide bonds. The number of hydrazine groups is 1. The molecular weight excluding hydrogens is 394 g/mol. The Labute approximate surface area is 182 Å². The lowest BCUT2D eigenvalue weighted by Crippen LogP contribution is -2.40. The Balaban J connectivity index is 1.75. The van der Waals surface area contributed by atoms with E-state index in [2.05, 4.69) is 23.1 Å². The highest BCUT2D eigenvalue weighted by Gasteiger charge is 2.06. The van der Waals surface area contributed by atoms with E-state index in [1.54, 1.807) is 54.6 Å². The molecule has 0 saturated carbocycles. The Hall–Kier alpha value is -3.61. The molecule has 0 unspecified atom stereocenters. The molecule has 7 nitrogen and oxygen atoms in total. The van der Waals surface area contributed by atoms with E-state index in [9.17, 15) is 14.4 Å². The summed E-state index contributed by atoms with van der Waals surface area (Å²) in [6.07, 6.45) is 7.45. The molecule has 7 heteroatoms. The summed E-state index contributed by atoms with van der Waals surface area (Å²) in [6.45, 7) is 4.26. The predicted molar refractivity (Wildman–Crippen MR) is 121 cm³/mol. The van der Waals surface area contributed by atoms with Gasteiger partial charge in [0.25, 0.3) is 11.8 Å². The van der Waals surface area contributed by atoms with Crippen LogP contribution in [0.25, 0.3) is 6.08 Å². The number of amides is 3. The first kappa shape index (κ1) is 23.7. The largest absolute Gasteiger partial charge is 0.494 e. The molecule has 3 N–H and O–H groups in total. The Morgan fingerprint density at radius 3 is 2.26 bits per heavy atom. The van der Waals surface area contributed by atoms with Crippen LogP contribution >= 0.6 is 0 Å². The highest BCUT2D eigenvalue weighted by Crippen LogP contribution is 2.13. The van der Waals surface area contributed by atoms with E-state index in [0.29, 0.717) is 23.6 Å². The van der Waals surface area contributed by atoms with Crippen molar-refractivity contribution < 1.29 is 19.1 Å². The maximum Gasteiger partial charge on any atom is 0.269 e. The average molecular weight is 424 g/mol. The van der Waals surface area contributed by atoms with Gasteiger partial charge >= 0.3 is 0 Å². The number of benzene rings is 2. The number of hydrogen-bond acceptors (Lipinski definition) is 4. The van der Waals surface area contributed by atoms with Gasteiger partial charge in [-0.25, -0.2) is 0 Å². The number of carbonyl (C=O) groups is 3. The minimum absolute atomic E-state index is 0.150. The molecule has 0 aliphatic carbocycles. The summed E-state index contributed by atoms with van der Waals surface area (Å²) in [5, 5.41) is 2.67. The van der Waals surface area contributed by atoms with Crippen LogP contribution in [0.15, 0.2) is 54.6 Å². The van der Waals surface area contributed by atoms with Crippen molar-refractivity contribution in [3.05, 3.63) is 65.7 Å². The molecule has 0 aliphatic rings. The zero-order valence-electron chi connectivity index (χ0n) is 17.9. The van der Waals surface area contributed by atoms with Crippen molar-refractivity contribution in [2.75, 3.05) is 11.9 Å². The lowest BCUT2D eigenvalue weighted by atomic mass is 10.2. The zero-order valence-corrected chi connectivity index (χ0v) is 17.9. The Morgan fingerprint density at radius 1 is 0.903 bits per heavy atom. The van der Waals surface area contributed by atoms with Crippen molar-refractivity contribution in [1.82, 2.24) is 10.9 Å². The molecule has 0 bridgehead atoms. The van der Waals surface area contributed by atoms with Crippen LogP contribution in [-0.2, 0) is 9.59 Å². The SMILES string of the molecule is CCCCCCOc1ccc(C(=O)NNC(=O)/C=C/c2ccc(NC(C)=O)cc2)cc1. The molecule has 0 heterocycles. The van der Waals surface area contributed by atoms with E-state index < -0.39 is 11.8 Å². The monoisotopic (exact) mass is 423 g/mol.